The molecule has 0 aliphatic rings. The molecule has 0 aliphatic heterocycles. The highest BCUT2D eigenvalue weighted by atomic mass is 35.5. The Morgan fingerprint density at radius 3 is 2.29 bits per heavy atom. The number of Topliss-reactive ketones (excluding diaryl/α,β-unsaturated/α-hetero) is 1. The molecule has 0 radical (unpaired) electrons. The van der Waals surface area contributed by atoms with Gasteiger partial charge in [-0.25, -0.2) is 4.79 Å². The number of ketones is 1. The Hall–Kier alpha value is -2.31. The minimum atomic E-state index is -1.06. The van der Waals surface area contributed by atoms with E-state index in [0.717, 1.165) is 0 Å². The second-order valence-corrected chi connectivity index (χ2v) is 5.93. The molecule has 0 saturated heterocycles. The minimum absolute atomic E-state index is 0.0886. The van der Waals surface area contributed by atoms with Gasteiger partial charge < -0.3 is 15.0 Å². The largest absolute Gasteiger partial charge is 0.448 e. The maximum atomic E-state index is 12.1. The van der Waals surface area contributed by atoms with E-state index >= 15 is 0 Å². The molecular formula is C16H14Cl2N2O4. The zero-order valence-corrected chi connectivity index (χ0v) is 14.4. The number of nitrogens with one attached hydrogen (secondary N) is 2. The van der Waals surface area contributed by atoms with E-state index in [9.17, 15) is 14.4 Å². The third-order valence-electron chi connectivity index (χ3n) is 3.09. The second-order valence-electron chi connectivity index (χ2n) is 5.05. The zero-order chi connectivity index (χ0) is 17.9. The Kier molecular flexibility index (Phi) is 5.64. The SMILES string of the molecule is CC(=O)c1c[nH]c(C(=O)O[C@H](C)C(=O)Nc2cc(Cl)cc(Cl)c2)c1. The van der Waals surface area contributed by atoms with Crippen LogP contribution in [-0.2, 0) is 9.53 Å². The fourth-order valence-corrected chi connectivity index (χ4v) is 2.39. The lowest BCUT2D eigenvalue weighted by Gasteiger charge is -2.13. The summed E-state index contributed by atoms with van der Waals surface area (Å²) in [6, 6.07) is 5.93. The molecular weight excluding hydrogens is 355 g/mol. The van der Waals surface area contributed by atoms with Crippen LogP contribution in [0.4, 0.5) is 5.69 Å². The lowest BCUT2D eigenvalue weighted by atomic mass is 10.2. The number of hydrogen-bond acceptors (Lipinski definition) is 4. The number of carbonyl (C=O) groups is 3. The van der Waals surface area contributed by atoms with Gasteiger partial charge in [0, 0.05) is 27.5 Å². The number of rotatable bonds is 5. The van der Waals surface area contributed by atoms with Crippen molar-refractivity contribution < 1.29 is 19.1 Å². The smallest absolute Gasteiger partial charge is 0.355 e. The first-order valence-electron chi connectivity index (χ1n) is 6.93. The van der Waals surface area contributed by atoms with E-state index in [1.165, 1.54) is 44.3 Å². The lowest BCUT2D eigenvalue weighted by Crippen LogP contribution is -2.30. The molecule has 0 fully saturated rings. The van der Waals surface area contributed by atoms with Crippen molar-refractivity contribution in [1.29, 1.82) is 0 Å². The average Bonchev–Trinajstić information content (AvgIpc) is 2.96. The molecule has 1 heterocycles. The molecule has 8 heteroatoms. The van der Waals surface area contributed by atoms with Gasteiger partial charge >= 0.3 is 5.97 Å². The quantitative estimate of drug-likeness (QED) is 0.621. The van der Waals surface area contributed by atoms with Crippen LogP contribution in [0.5, 0.6) is 0 Å². The molecule has 0 aliphatic carbocycles. The maximum absolute atomic E-state index is 12.1. The number of benzene rings is 1. The molecule has 0 bridgehead atoms. The Labute approximate surface area is 148 Å². The average molecular weight is 369 g/mol. The fraction of sp³-hybridized carbons (Fsp3) is 0.188. The highest BCUT2D eigenvalue weighted by Gasteiger charge is 2.20. The highest BCUT2D eigenvalue weighted by Crippen LogP contribution is 2.22. The van der Waals surface area contributed by atoms with Gasteiger partial charge in [0.2, 0.25) is 0 Å². The molecule has 1 aromatic carbocycles. The van der Waals surface area contributed by atoms with Crippen molar-refractivity contribution in [3.8, 4) is 0 Å². The predicted molar refractivity (Wildman–Crippen MR) is 90.8 cm³/mol. The standard InChI is InChI=1S/C16H14Cl2N2O4/c1-8(21)10-3-14(19-7-10)16(23)24-9(2)15(22)20-13-5-11(17)4-12(18)6-13/h3-7,9,19H,1-2H3,(H,20,22)/t9-/m1/s1. The monoisotopic (exact) mass is 368 g/mol. The predicted octanol–water partition coefficient (Wildman–Crippen LogP) is 3.71. The highest BCUT2D eigenvalue weighted by molar-refractivity contribution is 6.35. The summed E-state index contributed by atoms with van der Waals surface area (Å²) >= 11 is 11.7. The molecule has 0 saturated carbocycles. The maximum Gasteiger partial charge on any atom is 0.355 e. The molecule has 6 nitrogen and oxygen atoms in total. The van der Waals surface area contributed by atoms with E-state index in [-0.39, 0.29) is 11.5 Å². The third kappa shape index (κ3) is 4.59. The molecule has 0 spiro atoms. The van der Waals surface area contributed by atoms with Gasteiger partial charge in [0.15, 0.2) is 11.9 Å². The van der Waals surface area contributed by atoms with Gasteiger partial charge in [-0.15, -0.1) is 0 Å². The number of carbonyl (C=O) groups excluding carboxylic acids is 3. The molecule has 1 atom stereocenters. The number of H-pyrrole nitrogens is 1. The zero-order valence-electron chi connectivity index (χ0n) is 12.9. The van der Waals surface area contributed by atoms with Gasteiger partial charge in [0.1, 0.15) is 5.69 Å². The topological polar surface area (TPSA) is 88.3 Å². The first-order valence-corrected chi connectivity index (χ1v) is 7.69. The fourth-order valence-electron chi connectivity index (χ4n) is 1.86. The molecule has 126 valence electrons. The van der Waals surface area contributed by atoms with Gasteiger partial charge in [-0.2, -0.15) is 0 Å². The number of aromatic amines is 1. The van der Waals surface area contributed by atoms with Crippen molar-refractivity contribution in [2.24, 2.45) is 0 Å². The van der Waals surface area contributed by atoms with Gasteiger partial charge in [0.05, 0.1) is 0 Å². The van der Waals surface area contributed by atoms with Crippen molar-refractivity contribution in [2.75, 3.05) is 5.32 Å². The molecule has 24 heavy (non-hydrogen) atoms. The van der Waals surface area contributed by atoms with Crippen LogP contribution in [0.15, 0.2) is 30.5 Å². The Morgan fingerprint density at radius 2 is 1.75 bits per heavy atom. The Bertz CT molecular complexity index is 781. The van der Waals surface area contributed by atoms with Crippen LogP contribution in [0, 0.1) is 0 Å². The van der Waals surface area contributed by atoms with Crippen LogP contribution in [0.3, 0.4) is 0 Å². The van der Waals surface area contributed by atoms with E-state index in [1.807, 2.05) is 0 Å². The minimum Gasteiger partial charge on any atom is -0.448 e. The molecule has 2 rings (SSSR count). The van der Waals surface area contributed by atoms with E-state index in [0.29, 0.717) is 21.3 Å². The first kappa shape index (κ1) is 18.0. The number of anilines is 1. The first-order chi connectivity index (χ1) is 11.3. The molecule has 0 unspecified atom stereocenters. The molecule has 2 aromatic rings. The normalized spacial score (nSPS) is 11.7. The second kappa shape index (κ2) is 7.51. The summed E-state index contributed by atoms with van der Waals surface area (Å²) in [4.78, 5) is 37.9. The van der Waals surface area contributed by atoms with Crippen molar-refractivity contribution in [2.45, 2.75) is 20.0 Å². The number of ether oxygens (including phenoxy) is 1. The Balaban J connectivity index is 1.99. The van der Waals surface area contributed by atoms with Crippen LogP contribution < -0.4 is 5.32 Å². The third-order valence-corrected chi connectivity index (χ3v) is 3.53. The molecule has 2 N–H and O–H groups in total. The summed E-state index contributed by atoms with van der Waals surface area (Å²) in [6.07, 6.45) is 0.344. The van der Waals surface area contributed by atoms with Crippen molar-refractivity contribution in [1.82, 2.24) is 4.98 Å². The molecule has 1 amide bonds. The molecule has 1 aromatic heterocycles. The number of halogens is 2. The van der Waals surface area contributed by atoms with Crippen molar-refractivity contribution in [3.05, 3.63) is 51.8 Å². The van der Waals surface area contributed by atoms with Crippen molar-refractivity contribution in [3.63, 3.8) is 0 Å². The van der Waals surface area contributed by atoms with Crippen LogP contribution in [-0.4, -0.2) is 28.7 Å². The van der Waals surface area contributed by atoms with E-state index in [2.05, 4.69) is 10.3 Å². The van der Waals surface area contributed by atoms with Gasteiger partial charge in [-0.1, -0.05) is 23.2 Å². The van der Waals surface area contributed by atoms with Crippen LogP contribution in [0.2, 0.25) is 10.0 Å². The van der Waals surface area contributed by atoms with E-state index in [4.69, 9.17) is 27.9 Å². The summed E-state index contributed by atoms with van der Waals surface area (Å²) in [5, 5.41) is 3.29. The Morgan fingerprint density at radius 1 is 1.12 bits per heavy atom. The van der Waals surface area contributed by atoms with Gasteiger partial charge in [0.25, 0.3) is 5.91 Å². The van der Waals surface area contributed by atoms with Crippen LogP contribution in [0.25, 0.3) is 0 Å². The van der Waals surface area contributed by atoms with Crippen molar-refractivity contribution >= 4 is 46.5 Å². The summed E-state index contributed by atoms with van der Waals surface area (Å²) < 4.78 is 5.06. The van der Waals surface area contributed by atoms with E-state index in [1.54, 1.807) is 0 Å². The van der Waals surface area contributed by atoms with Gasteiger partial charge in [-0.3, -0.25) is 9.59 Å². The summed E-state index contributed by atoms with van der Waals surface area (Å²) in [5.74, 6) is -1.47. The number of hydrogen-bond donors (Lipinski definition) is 2. The van der Waals surface area contributed by atoms with Crippen LogP contribution in [0.1, 0.15) is 34.7 Å². The summed E-state index contributed by atoms with van der Waals surface area (Å²) in [6.45, 7) is 2.80. The van der Waals surface area contributed by atoms with Gasteiger partial charge in [-0.05, 0) is 38.1 Å². The number of amides is 1. The number of esters is 1. The van der Waals surface area contributed by atoms with E-state index < -0.39 is 18.0 Å². The summed E-state index contributed by atoms with van der Waals surface area (Å²) in [5.41, 5.74) is 0.831. The summed E-state index contributed by atoms with van der Waals surface area (Å²) in [7, 11) is 0. The number of aromatic nitrogens is 1. The van der Waals surface area contributed by atoms with Crippen LogP contribution >= 0.6 is 23.2 Å². The lowest BCUT2D eigenvalue weighted by molar-refractivity contribution is -0.123.